The van der Waals surface area contributed by atoms with Crippen molar-refractivity contribution in [3.63, 3.8) is 0 Å². The quantitative estimate of drug-likeness (QED) is 0.767. The first-order chi connectivity index (χ1) is 9.58. The molecule has 0 saturated heterocycles. The zero-order valence-electron chi connectivity index (χ0n) is 11.2. The van der Waals surface area contributed by atoms with Gasteiger partial charge in [0.1, 0.15) is 17.1 Å². The number of pyridine rings is 1. The first-order valence-electron chi connectivity index (χ1n) is 6.40. The third-order valence-corrected chi connectivity index (χ3v) is 3.66. The van der Waals surface area contributed by atoms with E-state index in [1.807, 2.05) is 28.8 Å². The molecule has 0 amide bonds. The van der Waals surface area contributed by atoms with Crippen LogP contribution in [0.1, 0.15) is 19.9 Å². The van der Waals surface area contributed by atoms with Gasteiger partial charge in [-0.2, -0.15) is 0 Å². The molecule has 2 aromatic heterocycles. The van der Waals surface area contributed by atoms with Crippen molar-refractivity contribution in [2.24, 2.45) is 0 Å². The molecule has 0 aliphatic carbocycles. The van der Waals surface area contributed by atoms with E-state index in [0.717, 1.165) is 21.5 Å². The molecular formula is C15H14BrN3O. The van der Waals surface area contributed by atoms with E-state index in [-0.39, 0.29) is 11.8 Å². The van der Waals surface area contributed by atoms with Gasteiger partial charge in [0.15, 0.2) is 5.65 Å². The molecule has 0 unspecified atom stereocenters. The van der Waals surface area contributed by atoms with Gasteiger partial charge in [-0.1, -0.05) is 15.9 Å². The molecule has 0 spiro atoms. The topological polar surface area (TPSA) is 50.9 Å². The van der Waals surface area contributed by atoms with Crippen molar-refractivity contribution >= 4 is 27.1 Å². The second-order valence-corrected chi connectivity index (χ2v) is 5.82. The molecule has 3 aromatic rings. The van der Waals surface area contributed by atoms with Crippen LogP contribution in [-0.2, 0) is 0 Å². The second kappa shape index (κ2) is 4.90. The number of hydrogen-bond donors (Lipinski definition) is 1. The SMILES string of the molecule is CC(C)n1c(-c2ccc(Br)cc2O)nc2cccnc21. The molecule has 5 heteroatoms. The van der Waals surface area contributed by atoms with Crippen LogP contribution in [0, 0.1) is 0 Å². The van der Waals surface area contributed by atoms with Crippen LogP contribution in [-0.4, -0.2) is 19.6 Å². The summed E-state index contributed by atoms with van der Waals surface area (Å²) in [6.45, 7) is 4.16. The van der Waals surface area contributed by atoms with E-state index >= 15 is 0 Å². The number of benzene rings is 1. The Morgan fingerprint density at radius 2 is 2.05 bits per heavy atom. The van der Waals surface area contributed by atoms with E-state index in [9.17, 15) is 5.11 Å². The summed E-state index contributed by atoms with van der Waals surface area (Å²) in [4.78, 5) is 9.03. The molecule has 0 fully saturated rings. The summed E-state index contributed by atoms with van der Waals surface area (Å²) in [6, 6.07) is 9.43. The fraction of sp³-hybridized carbons (Fsp3) is 0.200. The minimum atomic E-state index is 0.202. The van der Waals surface area contributed by atoms with Crippen LogP contribution in [0.2, 0.25) is 0 Å². The Morgan fingerprint density at radius 3 is 2.75 bits per heavy atom. The summed E-state index contributed by atoms with van der Waals surface area (Å²) >= 11 is 3.35. The van der Waals surface area contributed by atoms with Crippen molar-refractivity contribution in [3.05, 3.63) is 41.0 Å². The van der Waals surface area contributed by atoms with Crippen molar-refractivity contribution < 1.29 is 5.11 Å². The number of phenolic OH excluding ortho intramolecular Hbond substituents is 1. The summed E-state index contributed by atoms with van der Waals surface area (Å²) in [5.41, 5.74) is 2.37. The van der Waals surface area contributed by atoms with Crippen LogP contribution in [0.3, 0.4) is 0 Å². The maximum atomic E-state index is 10.2. The first kappa shape index (κ1) is 13.1. The highest BCUT2D eigenvalue weighted by Crippen LogP contribution is 2.34. The van der Waals surface area contributed by atoms with Gasteiger partial charge in [-0.3, -0.25) is 0 Å². The van der Waals surface area contributed by atoms with Crippen molar-refractivity contribution in [2.75, 3.05) is 0 Å². The van der Waals surface area contributed by atoms with Crippen LogP contribution in [0.25, 0.3) is 22.6 Å². The third-order valence-electron chi connectivity index (χ3n) is 3.17. The molecule has 102 valence electrons. The Morgan fingerprint density at radius 1 is 1.25 bits per heavy atom. The van der Waals surface area contributed by atoms with Gasteiger partial charge in [-0.05, 0) is 44.2 Å². The number of imidazole rings is 1. The van der Waals surface area contributed by atoms with Crippen LogP contribution in [0.5, 0.6) is 5.75 Å². The molecule has 1 aromatic carbocycles. The second-order valence-electron chi connectivity index (χ2n) is 4.91. The predicted molar refractivity (Wildman–Crippen MR) is 82.7 cm³/mol. The van der Waals surface area contributed by atoms with E-state index in [0.29, 0.717) is 5.56 Å². The summed E-state index contributed by atoms with van der Waals surface area (Å²) in [5.74, 6) is 0.940. The maximum Gasteiger partial charge on any atom is 0.160 e. The molecule has 4 nitrogen and oxygen atoms in total. The average Bonchev–Trinajstić information content (AvgIpc) is 2.77. The Kier molecular flexibility index (Phi) is 3.22. The molecule has 3 rings (SSSR count). The molecule has 0 radical (unpaired) electrons. The Bertz CT molecular complexity index is 780. The lowest BCUT2D eigenvalue weighted by atomic mass is 10.2. The Hall–Kier alpha value is -1.88. The fourth-order valence-electron chi connectivity index (χ4n) is 2.30. The van der Waals surface area contributed by atoms with Gasteiger partial charge >= 0.3 is 0 Å². The molecule has 1 N–H and O–H groups in total. The number of fused-ring (bicyclic) bond motifs is 1. The first-order valence-corrected chi connectivity index (χ1v) is 7.19. The molecular weight excluding hydrogens is 318 g/mol. The monoisotopic (exact) mass is 331 g/mol. The van der Waals surface area contributed by atoms with E-state index in [2.05, 4.69) is 39.7 Å². The van der Waals surface area contributed by atoms with E-state index in [4.69, 9.17) is 0 Å². The van der Waals surface area contributed by atoms with Crippen molar-refractivity contribution in [1.29, 1.82) is 0 Å². The predicted octanol–water partition coefficient (Wildman–Crippen LogP) is 4.15. The summed E-state index contributed by atoms with van der Waals surface area (Å²) < 4.78 is 2.88. The Balaban J connectivity index is 2.32. The molecule has 0 bridgehead atoms. The standard InChI is InChI=1S/C15H14BrN3O/c1-9(2)19-14(11-6-5-10(16)8-13(11)20)18-12-4-3-7-17-15(12)19/h3-9,20H,1-2H3. The smallest absolute Gasteiger partial charge is 0.160 e. The molecule has 2 heterocycles. The third kappa shape index (κ3) is 2.08. The average molecular weight is 332 g/mol. The van der Waals surface area contributed by atoms with E-state index in [1.54, 1.807) is 12.3 Å². The van der Waals surface area contributed by atoms with E-state index < -0.39 is 0 Å². The lowest BCUT2D eigenvalue weighted by Gasteiger charge is -2.13. The highest BCUT2D eigenvalue weighted by atomic mass is 79.9. The van der Waals surface area contributed by atoms with Gasteiger partial charge in [0, 0.05) is 16.7 Å². The Labute approximate surface area is 125 Å². The van der Waals surface area contributed by atoms with Gasteiger partial charge in [0.25, 0.3) is 0 Å². The number of rotatable bonds is 2. The maximum absolute atomic E-state index is 10.2. The number of hydrogen-bond acceptors (Lipinski definition) is 3. The summed E-state index contributed by atoms with van der Waals surface area (Å²) in [7, 11) is 0. The zero-order chi connectivity index (χ0) is 14.3. The van der Waals surface area contributed by atoms with Crippen LogP contribution in [0.4, 0.5) is 0 Å². The summed E-state index contributed by atoms with van der Waals surface area (Å²) in [5, 5.41) is 10.2. The van der Waals surface area contributed by atoms with Gasteiger partial charge in [0.2, 0.25) is 0 Å². The normalized spacial score (nSPS) is 11.4. The minimum Gasteiger partial charge on any atom is -0.507 e. The fourth-order valence-corrected chi connectivity index (χ4v) is 2.65. The van der Waals surface area contributed by atoms with E-state index in [1.165, 1.54) is 0 Å². The van der Waals surface area contributed by atoms with Gasteiger partial charge in [0.05, 0.1) is 5.56 Å². The van der Waals surface area contributed by atoms with Crippen molar-refractivity contribution in [3.8, 4) is 17.1 Å². The lowest BCUT2D eigenvalue weighted by molar-refractivity contribution is 0.475. The van der Waals surface area contributed by atoms with Crippen molar-refractivity contribution in [2.45, 2.75) is 19.9 Å². The van der Waals surface area contributed by atoms with Gasteiger partial charge < -0.3 is 9.67 Å². The van der Waals surface area contributed by atoms with Gasteiger partial charge in [-0.15, -0.1) is 0 Å². The number of aromatic nitrogens is 3. The van der Waals surface area contributed by atoms with Crippen LogP contribution < -0.4 is 0 Å². The number of nitrogens with zero attached hydrogens (tertiary/aromatic N) is 3. The summed E-state index contributed by atoms with van der Waals surface area (Å²) in [6.07, 6.45) is 1.76. The minimum absolute atomic E-state index is 0.202. The van der Waals surface area contributed by atoms with Crippen molar-refractivity contribution in [1.82, 2.24) is 14.5 Å². The number of aromatic hydroxyl groups is 1. The molecule has 0 saturated carbocycles. The highest BCUT2D eigenvalue weighted by molar-refractivity contribution is 9.10. The molecule has 20 heavy (non-hydrogen) atoms. The molecule has 0 atom stereocenters. The number of halogens is 1. The molecule has 0 aliphatic heterocycles. The van der Waals surface area contributed by atoms with Crippen LogP contribution in [0.15, 0.2) is 41.0 Å². The van der Waals surface area contributed by atoms with Crippen LogP contribution >= 0.6 is 15.9 Å². The largest absolute Gasteiger partial charge is 0.507 e. The zero-order valence-corrected chi connectivity index (χ0v) is 12.8. The lowest BCUT2D eigenvalue weighted by Crippen LogP contribution is -2.04. The molecule has 0 aliphatic rings. The number of phenols is 1. The highest BCUT2D eigenvalue weighted by Gasteiger charge is 2.18. The van der Waals surface area contributed by atoms with Gasteiger partial charge in [-0.25, -0.2) is 9.97 Å².